The van der Waals surface area contributed by atoms with Crippen LogP contribution in [0.5, 0.6) is 0 Å². The fourth-order valence-corrected chi connectivity index (χ4v) is 4.17. The van der Waals surface area contributed by atoms with Crippen LogP contribution in [0.3, 0.4) is 0 Å². The summed E-state index contributed by atoms with van der Waals surface area (Å²) in [4.78, 5) is 19.7. The zero-order chi connectivity index (χ0) is 16.0. The van der Waals surface area contributed by atoms with Gasteiger partial charge in [-0.1, -0.05) is 13.8 Å². The van der Waals surface area contributed by atoms with Gasteiger partial charge in [0.15, 0.2) is 0 Å². The average Bonchev–Trinajstić information content (AvgIpc) is 2.73. The summed E-state index contributed by atoms with van der Waals surface area (Å²) in [5.41, 5.74) is 3.43. The predicted octanol–water partition coefficient (Wildman–Crippen LogP) is 3.83. The second-order valence-corrected chi connectivity index (χ2v) is 7.65. The Morgan fingerprint density at radius 2 is 1.91 bits per heavy atom. The number of halogens is 1. The van der Waals surface area contributed by atoms with E-state index in [2.05, 4.69) is 34.8 Å². The van der Waals surface area contributed by atoms with Crippen LogP contribution in [0.4, 0.5) is 0 Å². The topological polar surface area (TPSA) is 37.6 Å². The molecule has 3 rings (SSSR count). The van der Waals surface area contributed by atoms with Crippen LogP contribution in [0.1, 0.15) is 42.0 Å². The van der Waals surface area contributed by atoms with E-state index in [1.165, 1.54) is 6.42 Å². The number of fused-ring (bicyclic) bond motifs is 1. The third-order valence-corrected chi connectivity index (χ3v) is 4.84. The van der Waals surface area contributed by atoms with Crippen molar-refractivity contribution in [3.05, 3.63) is 33.7 Å². The molecule has 0 aromatic carbocycles. The van der Waals surface area contributed by atoms with Gasteiger partial charge in [-0.2, -0.15) is 0 Å². The van der Waals surface area contributed by atoms with Gasteiger partial charge in [0.1, 0.15) is 11.3 Å². The van der Waals surface area contributed by atoms with Crippen molar-refractivity contribution in [2.45, 2.75) is 34.1 Å². The van der Waals surface area contributed by atoms with Crippen LogP contribution in [0.2, 0.25) is 0 Å². The molecule has 2 atom stereocenters. The molecule has 4 nitrogen and oxygen atoms in total. The van der Waals surface area contributed by atoms with Gasteiger partial charge < -0.3 is 4.90 Å². The molecule has 0 bridgehead atoms. The van der Waals surface area contributed by atoms with E-state index in [4.69, 9.17) is 0 Å². The maximum absolute atomic E-state index is 13.1. The van der Waals surface area contributed by atoms with Gasteiger partial charge in [0.05, 0.1) is 5.69 Å². The van der Waals surface area contributed by atoms with Gasteiger partial charge in [-0.05, 0) is 59.7 Å². The summed E-state index contributed by atoms with van der Waals surface area (Å²) in [6.07, 6.45) is 3.13. The number of aromatic nitrogens is 2. The molecule has 0 N–H and O–H groups in total. The van der Waals surface area contributed by atoms with E-state index in [0.717, 1.165) is 34.5 Å². The predicted molar refractivity (Wildman–Crippen MR) is 91.2 cm³/mol. The van der Waals surface area contributed by atoms with Gasteiger partial charge in [-0.3, -0.25) is 9.20 Å². The first-order chi connectivity index (χ1) is 10.4. The molecule has 2 aromatic rings. The maximum atomic E-state index is 13.1. The summed E-state index contributed by atoms with van der Waals surface area (Å²) >= 11 is 3.52. The highest BCUT2D eigenvalue weighted by Crippen LogP contribution is 2.25. The maximum Gasteiger partial charge on any atom is 0.272 e. The Bertz CT molecular complexity index is 727. The highest BCUT2D eigenvalue weighted by Gasteiger charge is 2.29. The molecule has 0 saturated carbocycles. The Morgan fingerprint density at radius 1 is 1.27 bits per heavy atom. The summed E-state index contributed by atoms with van der Waals surface area (Å²) in [6.45, 7) is 10.1. The molecular formula is C17H22BrN3O. The van der Waals surface area contributed by atoms with Crippen molar-refractivity contribution in [1.29, 1.82) is 0 Å². The first-order valence-electron chi connectivity index (χ1n) is 7.81. The number of nitrogens with zero attached hydrogens (tertiary/aromatic N) is 3. The Hall–Kier alpha value is -1.36. The Kier molecular flexibility index (Phi) is 4.02. The molecule has 2 aromatic heterocycles. The Labute approximate surface area is 139 Å². The molecule has 0 spiro atoms. The number of likely N-dealkylation sites (tertiary alicyclic amines) is 1. The lowest BCUT2D eigenvalue weighted by atomic mass is 9.91. The molecule has 3 heterocycles. The number of aryl methyl sites for hydroxylation is 2. The standard InChI is InChI=1S/C17H22BrN3O/c1-10-5-11(2)8-20(7-10)17(22)15-13(4)19-16-12(3)6-14(18)9-21(15)16/h6,9-11H,5,7-8H2,1-4H3. The third-order valence-electron chi connectivity index (χ3n) is 4.40. The van der Waals surface area contributed by atoms with E-state index < -0.39 is 0 Å². The molecule has 1 amide bonds. The van der Waals surface area contributed by atoms with Crippen LogP contribution in [-0.4, -0.2) is 33.3 Å². The van der Waals surface area contributed by atoms with E-state index in [-0.39, 0.29) is 5.91 Å². The quantitative estimate of drug-likeness (QED) is 0.771. The number of carbonyl (C=O) groups excluding carboxylic acids is 1. The zero-order valence-corrected chi connectivity index (χ0v) is 15.1. The normalized spacial score (nSPS) is 22.3. The lowest BCUT2D eigenvalue weighted by Crippen LogP contribution is -2.43. The molecule has 22 heavy (non-hydrogen) atoms. The highest BCUT2D eigenvalue weighted by atomic mass is 79.9. The van der Waals surface area contributed by atoms with E-state index in [0.29, 0.717) is 17.5 Å². The van der Waals surface area contributed by atoms with Crippen molar-refractivity contribution in [3.8, 4) is 0 Å². The zero-order valence-electron chi connectivity index (χ0n) is 13.6. The number of hydrogen-bond donors (Lipinski definition) is 0. The molecule has 0 radical (unpaired) electrons. The van der Waals surface area contributed by atoms with Gasteiger partial charge in [-0.15, -0.1) is 0 Å². The fraction of sp³-hybridized carbons (Fsp3) is 0.529. The van der Waals surface area contributed by atoms with Gasteiger partial charge in [0, 0.05) is 23.8 Å². The van der Waals surface area contributed by atoms with Crippen molar-refractivity contribution >= 4 is 27.5 Å². The molecule has 1 saturated heterocycles. The summed E-state index contributed by atoms with van der Waals surface area (Å²) in [7, 11) is 0. The number of carbonyl (C=O) groups is 1. The second kappa shape index (κ2) is 5.69. The largest absolute Gasteiger partial charge is 0.337 e. The summed E-state index contributed by atoms with van der Waals surface area (Å²) < 4.78 is 2.89. The Balaban J connectivity index is 2.06. The number of hydrogen-bond acceptors (Lipinski definition) is 2. The lowest BCUT2D eigenvalue weighted by molar-refractivity contribution is 0.0615. The van der Waals surface area contributed by atoms with Crippen LogP contribution in [0.15, 0.2) is 16.7 Å². The monoisotopic (exact) mass is 363 g/mol. The minimum atomic E-state index is 0.0981. The first kappa shape index (κ1) is 15.5. The van der Waals surface area contributed by atoms with E-state index >= 15 is 0 Å². The van der Waals surface area contributed by atoms with E-state index in [1.54, 1.807) is 0 Å². The van der Waals surface area contributed by atoms with Gasteiger partial charge in [0.25, 0.3) is 5.91 Å². The summed E-state index contributed by atoms with van der Waals surface area (Å²) in [5, 5.41) is 0. The molecule has 2 unspecified atom stereocenters. The van der Waals surface area contributed by atoms with Crippen molar-refractivity contribution in [2.24, 2.45) is 11.8 Å². The second-order valence-electron chi connectivity index (χ2n) is 6.74. The van der Waals surface area contributed by atoms with Gasteiger partial charge in [-0.25, -0.2) is 4.98 Å². The first-order valence-corrected chi connectivity index (χ1v) is 8.60. The van der Waals surface area contributed by atoms with Crippen molar-refractivity contribution in [2.75, 3.05) is 13.1 Å². The van der Waals surface area contributed by atoms with Crippen LogP contribution < -0.4 is 0 Å². The SMILES string of the molecule is Cc1nc2c(C)cc(Br)cn2c1C(=O)N1CC(C)CC(C)C1. The number of amides is 1. The summed E-state index contributed by atoms with van der Waals surface area (Å²) in [5.74, 6) is 1.21. The molecule has 1 aliphatic heterocycles. The number of piperidine rings is 1. The van der Waals surface area contributed by atoms with E-state index in [1.807, 2.05) is 35.4 Å². The third kappa shape index (κ3) is 2.67. The lowest BCUT2D eigenvalue weighted by Gasteiger charge is -2.35. The number of imidazole rings is 1. The van der Waals surface area contributed by atoms with E-state index in [9.17, 15) is 4.79 Å². The average molecular weight is 364 g/mol. The van der Waals surface area contributed by atoms with Crippen molar-refractivity contribution in [3.63, 3.8) is 0 Å². The van der Waals surface area contributed by atoms with Crippen molar-refractivity contribution < 1.29 is 4.79 Å². The molecule has 1 aliphatic rings. The molecule has 0 aliphatic carbocycles. The molecule has 1 fully saturated rings. The minimum Gasteiger partial charge on any atom is -0.337 e. The van der Waals surface area contributed by atoms with Crippen LogP contribution in [0.25, 0.3) is 5.65 Å². The number of pyridine rings is 1. The smallest absolute Gasteiger partial charge is 0.272 e. The van der Waals surface area contributed by atoms with Crippen molar-refractivity contribution in [1.82, 2.24) is 14.3 Å². The number of rotatable bonds is 1. The molecule has 5 heteroatoms. The van der Waals surface area contributed by atoms with Gasteiger partial charge in [0.2, 0.25) is 0 Å². The van der Waals surface area contributed by atoms with Crippen LogP contribution in [0, 0.1) is 25.7 Å². The highest BCUT2D eigenvalue weighted by molar-refractivity contribution is 9.10. The fourth-order valence-electron chi connectivity index (χ4n) is 3.62. The molecule has 118 valence electrons. The molecular weight excluding hydrogens is 342 g/mol. The van der Waals surface area contributed by atoms with Gasteiger partial charge >= 0.3 is 0 Å². The summed E-state index contributed by atoms with van der Waals surface area (Å²) in [6, 6.07) is 2.03. The Morgan fingerprint density at radius 3 is 2.55 bits per heavy atom. The van der Waals surface area contributed by atoms with Crippen LogP contribution >= 0.6 is 15.9 Å². The minimum absolute atomic E-state index is 0.0981. The van der Waals surface area contributed by atoms with Crippen LogP contribution in [-0.2, 0) is 0 Å².